The highest BCUT2D eigenvalue weighted by molar-refractivity contribution is 6.31. The van der Waals surface area contributed by atoms with Gasteiger partial charge in [0.2, 0.25) is 0 Å². The van der Waals surface area contributed by atoms with Crippen molar-refractivity contribution >= 4 is 17.4 Å². The second-order valence-corrected chi connectivity index (χ2v) is 4.73. The Hall–Kier alpha value is -1.07. The Labute approximate surface area is 106 Å². The highest BCUT2D eigenvalue weighted by atomic mass is 35.5. The van der Waals surface area contributed by atoms with Gasteiger partial charge in [-0.2, -0.15) is 0 Å². The van der Waals surface area contributed by atoms with Gasteiger partial charge in [0.05, 0.1) is 7.11 Å². The normalized spacial score (nSPS) is 20.1. The van der Waals surface area contributed by atoms with Gasteiger partial charge >= 0.3 is 0 Å². The van der Waals surface area contributed by atoms with Crippen LogP contribution < -0.4 is 9.64 Å². The van der Waals surface area contributed by atoms with Crippen LogP contribution in [0.4, 0.5) is 5.82 Å². The summed E-state index contributed by atoms with van der Waals surface area (Å²) in [6, 6.07) is 0.549. The molecule has 1 aromatic heterocycles. The number of hydrogen-bond donors (Lipinski definition) is 0. The van der Waals surface area contributed by atoms with Crippen LogP contribution in [0.15, 0.2) is 6.33 Å². The Balaban J connectivity index is 2.21. The summed E-state index contributed by atoms with van der Waals surface area (Å²) < 4.78 is 5.27. The third-order valence-electron chi connectivity index (χ3n) is 3.14. The van der Waals surface area contributed by atoms with Crippen molar-refractivity contribution < 1.29 is 4.74 Å². The quantitative estimate of drug-likeness (QED) is 0.762. The lowest BCUT2D eigenvalue weighted by Crippen LogP contribution is -2.31. The molecule has 1 atom stereocenters. The van der Waals surface area contributed by atoms with E-state index in [1.807, 2.05) is 0 Å². The van der Waals surface area contributed by atoms with E-state index in [9.17, 15) is 0 Å². The summed E-state index contributed by atoms with van der Waals surface area (Å²) in [4.78, 5) is 12.6. The fourth-order valence-corrected chi connectivity index (χ4v) is 2.31. The molecule has 1 aromatic rings. The lowest BCUT2D eigenvalue weighted by atomic mass is 10.2. The van der Waals surface area contributed by atoms with Crippen molar-refractivity contribution in [3.05, 3.63) is 11.5 Å². The second-order valence-electron chi connectivity index (χ2n) is 4.37. The molecule has 0 aromatic carbocycles. The van der Waals surface area contributed by atoms with E-state index >= 15 is 0 Å². The maximum absolute atomic E-state index is 5.99. The number of anilines is 1. The molecule has 0 aliphatic carbocycles. The Morgan fingerprint density at radius 2 is 2.24 bits per heavy atom. The molecule has 2 rings (SSSR count). The van der Waals surface area contributed by atoms with Gasteiger partial charge in [-0.15, -0.1) is 0 Å². The first-order valence-corrected chi connectivity index (χ1v) is 5.97. The van der Waals surface area contributed by atoms with Crippen molar-refractivity contribution in [1.29, 1.82) is 0 Å². The molecule has 1 fully saturated rings. The molecule has 94 valence electrons. The van der Waals surface area contributed by atoms with Crippen molar-refractivity contribution in [1.82, 2.24) is 14.9 Å². The minimum absolute atomic E-state index is 0.366. The van der Waals surface area contributed by atoms with Gasteiger partial charge in [-0.3, -0.25) is 0 Å². The van der Waals surface area contributed by atoms with Crippen LogP contribution in [0.25, 0.3) is 0 Å². The van der Waals surface area contributed by atoms with Crippen LogP contribution in [-0.4, -0.2) is 55.2 Å². The van der Waals surface area contributed by atoms with Crippen molar-refractivity contribution in [2.75, 3.05) is 39.2 Å². The summed E-state index contributed by atoms with van der Waals surface area (Å²) in [5.74, 6) is 1.35. The summed E-state index contributed by atoms with van der Waals surface area (Å²) in [7, 11) is 5.78. The van der Waals surface area contributed by atoms with Gasteiger partial charge in [0, 0.05) is 19.1 Å². The molecule has 1 aliphatic heterocycles. The second kappa shape index (κ2) is 5.06. The number of methoxy groups -OCH3 is 1. The monoisotopic (exact) mass is 256 g/mol. The van der Waals surface area contributed by atoms with Crippen molar-refractivity contribution in [2.24, 2.45) is 0 Å². The van der Waals surface area contributed by atoms with E-state index in [0.717, 1.165) is 25.3 Å². The van der Waals surface area contributed by atoms with E-state index < -0.39 is 0 Å². The van der Waals surface area contributed by atoms with Gasteiger partial charge < -0.3 is 14.5 Å². The first-order chi connectivity index (χ1) is 8.13. The average molecular weight is 257 g/mol. The molecule has 0 radical (unpaired) electrons. The van der Waals surface area contributed by atoms with Crippen LogP contribution in [0, 0.1) is 0 Å². The standard InChI is InChI=1S/C11H17ClN4O/c1-15(2)8-4-5-16(6-8)11-9(17-3)10(12)13-7-14-11/h7-8H,4-6H2,1-3H3. The summed E-state index contributed by atoms with van der Waals surface area (Å²) in [5.41, 5.74) is 0. The van der Waals surface area contributed by atoms with E-state index in [0.29, 0.717) is 16.9 Å². The summed E-state index contributed by atoms with van der Waals surface area (Å²) in [6.45, 7) is 1.91. The SMILES string of the molecule is COc1c(Cl)ncnc1N1CCC(N(C)C)C1. The molecular formula is C11H17ClN4O. The van der Waals surface area contributed by atoms with Gasteiger partial charge in [0.25, 0.3) is 0 Å². The summed E-state index contributed by atoms with van der Waals surface area (Å²) >= 11 is 5.99. The van der Waals surface area contributed by atoms with Crippen molar-refractivity contribution in [3.8, 4) is 5.75 Å². The fraction of sp³-hybridized carbons (Fsp3) is 0.636. The Bertz CT molecular complexity index is 399. The van der Waals surface area contributed by atoms with E-state index in [1.165, 1.54) is 6.33 Å². The van der Waals surface area contributed by atoms with Crippen LogP contribution in [0.5, 0.6) is 5.75 Å². The van der Waals surface area contributed by atoms with Crippen LogP contribution in [0.1, 0.15) is 6.42 Å². The minimum atomic E-state index is 0.366. The average Bonchev–Trinajstić information content (AvgIpc) is 2.77. The molecule has 1 unspecified atom stereocenters. The lowest BCUT2D eigenvalue weighted by Gasteiger charge is -2.22. The maximum atomic E-state index is 5.99. The molecule has 6 heteroatoms. The zero-order valence-corrected chi connectivity index (χ0v) is 11.1. The Morgan fingerprint density at radius 1 is 1.47 bits per heavy atom. The van der Waals surface area contributed by atoms with Crippen LogP contribution >= 0.6 is 11.6 Å². The summed E-state index contributed by atoms with van der Waals surface area (Å²) in [6.07, 6.45) is 2.60. The van der Waals surface area contributed by atoms with Gasteiger partial charge in [0.1, 0.15) is 6.33 Å². The number of halogens is 1. The number of rotatable bonds is 3. The Morgan fingerprint density at radius 3 is 2.82 bits per heavy atom. The third kappa shape index (κ3) is 2.45. The minimum Gasteiger partial charge on any atom is -0.490 e. The first-order valence-electron chi connectivity index (χ1n) is 5.59. The van der Waals surface area contributed by atoms with Crippen molar-refractivity contribution in [2.45, 2.75) is 12.5 Å². The van der Waals surface area contributed by atoms with Gasteiger partial charge in [-0.05, 0) is 20.5 Å². The van der Waals surface area contributed by atoms with Gasteiger partial charge in [-0.25, -0.2) is 9.97 Å². The number of ether oxygens (including phenoxy) is 1. The number of nitrogens with zero attached hydrogens (tertiary/aromatic N) is 4. The van der Waals surface area contributed by atoms with Crippen molar-refractivity contribution in [3.63, 3.8) is 0 Å². The predicted octanol–water partition coefficient (Wildman–Crippen LogP) is 1.28. The van der Waals surface area contributed by atoms with Crippen LogP contribution in [0.2, 0.25) is 5.15 Å². The third-order valence-corrected chi connectivity index (χ3v) is 3.41. The highest BCUT2D eigenvalue weighted by Gasteiger charge is 2.27. The Kier molecular flexibility index (Phi) is 3.69. The molecule has 0 N–H and O–H groups in total. The highest BCUT2D eigenvalue weighted by Crippen LogP contribution is 2.33. The number of likely N-dealkylation sites (N-methyl/N-ethyl adjacent to an activating group) is 1. The molecular weight excluding hydrogens is 240 g/mol. The van der Waals surface area contributed by atoms with Crippen LogP contribution in [-0.2, 0) is 0 Å². The number of hydrogen-bond acceptors (Lipinski definition) is 5. The van der Waals surface area contributed by atoms with Gasteiger partial charge in [0.15, 0.2) is 16.7 Å². The van der Waals surface area contributed by atoms with E-state index in [1.54, 1.807) is 7.11 Å². The largest absolute Gasteiger partial charge is 0.490 e. The molecule has 2 heterocycles. The molecule has 5 nitrogen and oxygen atoms in total. The van der Waals surface area contributed by atoms with Gasteiger partial charge in [-0.1, -0.05) is 11.6 Å². The number of aromatic nitrogens is 2. The molecule has 0 amide bonds. The molecule has 1 aliphatic rings. The predicted molar refractivity (Wildman–Crippen MR) is 67.9 cm³/mol. The molecule has 0 spiro atoms. The zero-order valence-electron chi connectivity index (χ0n) is 10.4. The zero-order chi connectivity index (χ0) is 12.4. The molecule has 1 saturated heterocycles. The summed E-state index contributed by atoms with van der Waals surface area (Å²) in [5, 5.41) is 0.366. The molecule has 0 bridgehead atoms. The van der Waals surface area contributed by atoms with E-state index in [-0.39, 0.29) is 0 Å². The molecule has 17 heavy (non-hydrogen) atoms. The lowest BCUT2D eigenvalue weighted by molar-refractivity contribution is 0.315. The van der Waals surface area contributed by atoms with E-state index in [2.05, 4.69) is 33.9 Å². The molecule has 0 saturated carbocycles. The van der Waals surface area contributed by atoms with E-state index in [4.69, 9.17) is 16.3 Å². The topological polar surface area (TPSA) is 41.5 Å². The smallest absolute Gasteiger partial charge is 0.199 e. The first kappa shape index (κ1) is 12.4. The van der Waals surface area contributed by atoms with Crippen LogP contribution in [0.3, 0.4) is 0 Å². The maximum Gasteiger partial charge on any atom is 0.199 e. The fourth-order valence-electron chi connectivity index (χ4n) is 2.10.